The second-order valence-electron chi connectivity index (χ2n) is 4.00. The molecule has 3 nitrogen and oxygen atoms in total. The summed E-state index contributed by atoms with van der Waals surface area (Å²) in [6.07, 6.45) is 3.17. The van der Waals surface area contributed by atoms with Crippen LogP contribution < -0.4 is 5.32 Å². The van der Waals surface area contributed by atoms with Gasteiger partial charge in [-0.1, -0.05) is 0 Å². The van der Waals surface area contributed by atoms with Crippen LogP contribution >= 0.6 is 0 Å². The molecule has 1 saturated carbocycles. The zero-order valence-corrected chi connectivity index (χ0v) is 8.50. The van der Waals surface area contributed by atoms with Crippen molar-refractivity contribution in [1.29, 1.82) is 0 Å². The van der Waals surface area contributed by atoms with Crippen molar-refractivity contribution in [2.75, 3.05) is 11.9 Å². The number of alkyl halides is 2. The summed E-state index contributed by atoms with van der Waals surface area (Å²) in [5, 5.41) is 3.05. The first-order chi connectivity index (χ1) is 7.07. The van der Waals surface area contributed by atoms with Crippen molar-refractivity contribution in [2.24, 2.45) is 5.92 Å². The molecule has 0 radical (unpaired) electrons. The molecule has 0 spiro atoms. The third kappa shape index (κ3) is 2.40. The number of rotatable bonds is 3. The molecule has 0 amide bonds. The predicted octanol–water partition coefficient (Wildman–Crippen LogP) is 2.24. The Balaban J connectivity index is 1.82. The van der Waals surface area contributed by atoms with Gasteiger partial charge in [-0.05, 0) is 12.8 Å². The molecule has 5 heteroatoms. The third-order valence-electron chi connectivity index (χ3n) is 2.61. The molecule has 1 aromatic heterocycles. The molecule has 1 aromatic rings. The molecule has 0 unspecified atom stereocenters. The molecule has 82 valence electrons. The molecule has 1 aliphatic rings. The monoisotopic (exact) mass is 213 g/mol. The lowest BCUT2D eigenvalue weighted by molar-refractivity contribution is -0.106. The summed E-state index contributed by atoms with van der Waals surface area (Å²) in [7, 11) is 0. The van der Waals surface area contributed by atoms with Crippen molar-refractivity contribution in [1.82, 2.24) is 9.97 Å². The van der Waals surface area contributed by atoms with Crippen LogP contribution in [0.3, 0.4) is 0 Å². The van der Waals surface area contributed by atoms with Gasteiger partial charge in [-0.15, -0.1) is 0 Å². The van der Waals surface area contributed by atoms with E-state index < -0.39 is 5.92 Å². The lowest BCUT2D eigenvalue weighted by atomic mass is 9.81. The van der Waals surface area contributed by atoms with E-state index in [2.05, 4.69) is 15.3 Å². The summed E-state index contributed by atoms with van der Waals surface area (Å²) in [5.41, 5.74) is 0.795. The quantitative estimate of drug-likeness (QED) is 0.836. The van der Waals surface area contributed by atoms with Crippen molar-refractivity contribution in [2.45, 2.75) is 25.7 Å². The number of aryl methyl sites for hydroxylation is 1. The van der Waals surface area contributed by atoms with Crippen molar-refractivity contribution in [3.8, 4) is 0 Å². The average molecular weight is 213 g/mol. The fourth-order valence-corrected chi connectivity index (χ4v) is 1.75. The Kier molecular flexibility index (Phi) is 2.54. The van der Waals surface area contributed by atoms with E-state index >= 15 is 0 Å². The molecule has 2 rings (SSSR count). The lowest BCUT2D eigenvalue weighted by Crippen LogP contribution is -2.39. The zero-order valence-electron chi connectivity index (χ0n) is 8.50. The maximum absolute atomic E-state index is 12.5. The van der Waals surface area contributed by atoms with E-state index in [0.717, 1.165) is 5.69 Å². The Morgan fingerprint density at radius 2 is 2.07 bits per heavy atom. The summed E-state index contributed by atoms with van der Waals surface area (Å²) in [5.74, 6) is -1.70. The molecular weight excluding hydrogens is 200 g/mol. The van der Waals surface area contributed by atoms with E-state index in [0.29, 0.717) is 12.4 Å². The first-order valence-electron chi connectivity index (χ1n) is 4.96. The van der Waals surface area contributed by atoms with E-state index in [1.165, 1.54) is 0 Å². The van der Waals surface area contributed by atoms with Gasteiger partial charge in [-0.25, -0.2) is 13.8 Å². The van der Waals surface area contributed by atoms with E-state index in [1.54, 1.807) is 12.4 Å². The number of hydrogen-bond acceptors (Lipinski definition) is 3. The molecular formula is C10H13F2N3. The Morgan fingerprint density at radius 1 is 1.40 bits per heavy atom. The smallest absolute Gasteiger partial charge is 0.248 e. The van der Waals surface area contributed by atoms with Gasteiger partial charge in [0.25, 0.3) is 0 Å². The normalized spacial score (nSPS) is 19.7. The molecule has 0 aliphatic heterocycles. The van der Waals surface area contributed by atoms with Crippen molar-refractivity contribution in [3.63, 3.8) is 0 Å². The van der Waals surface area contributed by atoms with Crippen LogP contribution in [0.5, 0.6) is 0 Å². The van der Waals surface area contributed by atoms with E-state index in [9.17, 15) is 8.78 Å². The number of hydrogen-bond donors (Lipinski definition) is 1. The second-order valence-corrected chi connectivity index (χ2v) is 4.00. The minimum absolute atomic E-state index is 0.0146. The fourth-order valence-electron chi connectivity index (χ4n) is 1.75. The summed E-state index contributed by atoms with van der Waals surface area (Å²) >= 11 is 0. The summed E-state index contributed by atoms with van der Waals surface area (Å²) in [6.45, 7) is 2.39. The molecule has 0 bridgehead atoms. The Bertz CT molecular complexity index is 346. The summed E-state index contributed by atoms with van der Waals surface area (Å²) < 4.78 is 25.1. The van der Waals surface area contributed by atoms with Gasteiger partial charge in [0.15, 0.2) is 0 Å². The second kappa shape index (κ2) is 3.72. The van der Waals surface area contributed by atoms with Crippen LogP contribution in [0, 0.1) is 12.8 Å². The SMILES string of the molecule is Cc1nccnc1NCC1CC(F)(F)C1. The Hall–Kier alpha value is -1.26. The number of halogens is 2. The highest BCUT2D eigenvalue weighted by Crippen LogP contribution is 2.42. The maximum Gasteiger partial charge on any atom is 0.248 e. The predicted molar refractivity (Wildman–Crippen MR) is 52.9 cm³/mol. The van der Waals surface area contributed by atoms with Gasteiger partial charge in [0, 0.05) is 31.8 Å². The van der Waals surface area contributed by atoms with E-state index in [4.69, 9.17) is 0 Å². The number of anilines is 1. The van der Waals surface area contributed by atoms with Crippen LogP contribution in [0.4, 0.5) is 14.6 Å². The Labute approximate surface area is 86.9 Å². The van der Waals surface area contributed by atoms with Gasteiger partial charge in [0.2, 0.25) is 5.92 Å². The molecule has 15 heavy (non-hydrogen) atoms. The Morgan fingerprint density at radius 3 is 2.67 bits per heavy atom. The standard InChI is InChI=1S/C10H13F2N3/c1-7-9(14-3-2-13-7)15-6-8-4-10(11,12)5-8/h2-3,8H,4-6H2,1H3,(H,14,15). The van der Waals surface area contributed by atoms with Crippen LogP contribution in [0.15, 0.2) is 12.4 Å². The zero-order chi connectivity index (χ0) is 10.9. The van der Waals surface area contributed by atoms with Gasteiger partial charge in [-0.2, -0.15) is 0 Å². The van der Waals surface area contributed by atoms with Gasteiger partial charge < -0.3 is 5.32 Å². The molecule has 0 saturated heterocycles. The molecule has 0 aromatic carbocycles. The maximum atomic E-state index is 12.5. The average Bonchev–Trinajstić information content (AvgIpc) is 2.13. The lowest BCUT2D eigenvalue weighted by Gasteiger charge is -2.35. The van der Waals surface area contributed by atoms with Crippen LogP contribution in [-0.4, -0.2) is 22.4 Å². The minimum Gasteiger partial charge on any atom is -0.368 e. The van der Waals surface area contributed by atoms with Crippen LogP contribution in [0.1, 0.15) is 18.5 Å². The highest BCUT2D eigenvalue weighted by molar-refractivity contribution is 5.38. The number of aromatic nitrogens is 2. The van der Waals surface area contributed by atoms with Crippen LogP contribution in [0.2, 0.25) is 0 Å². The summed E-state index contributed by atoms with van der Waals surface area (Å²) in [6, 6.07) is 0. The van der Waals surface area contributed by atoms with Crippen molar-refractivity contribution < 1.29 is 8.78 Å². The molecule has 1 fully saturated rings. The van der Waals surface area contributed by atoms with Gasteiger partial charge in [0.05, 0.1) is 5.69 Å². The fraction of sp³-hybridized carbons (Fsp3) is 0.600. The molecule has 1 aliphatic carbocycles. The highest BCUT2D eigenvalue weighted by atomic mass is 19.3. The van der Waals surface area contributed by atoms with Gasteiger partial charge in [-0.3, -0.25) is 4.98 Å². The minimum atomic E-state index is -2.44. The molecule has 0 atom stereocenters. The van der Waals surface area contributed by atoms with Crippen molar-refractivity contribution >= 4 is 5.82 Å². The highest BCUT2D eigenvalue weighted by Gasteiger charge is 2.44. The van der Waals surface area contributed by atoms with Gasteiger partial charge >= 0.3 is 0 Å². The first kappa shape index (κ1) is 10.3. The molecule has 1 N–H and O–H groups in total. The van der Waals surface area contributed by atoms with E-state index in [1.807, 2.05) is 6.92 Å². The number of nitrogens with one attached hydrogen (secondary N) is 1. The van der Waals surface area contributed by atoms with Crippen molar-refractivity contribution in [3.05, 3.63) is 18.1 Å². The molecule has 1 heterocycles. The third-order valence-corrected chi connectivity index (χ3v) is 2.61. The van der Waals surface area contributed by atoms with Crippen LogP contribution in [0.25, 0.3) is 0 Å². The number of nitrogens with zero attached hydrogens (tertiary/aromatic N) is 2. The van der Waals surface area contributed by atoms with E-state index in [-0.39, 0.29) is 18.8 Å². The summed E-state index contributed by atoms with van der Waals surface area (Å²) in [4.78, 5) is 8.14. The van der Waals surface area contributed by atoms with Gasteiger partial charge in [0.1, 0.15) is 5.82 Å². The largest absolute Gasteiger partial charge is 0.368 e. The van der Waals surface area contributed by atoms with Crippen LogP contribution in [-0.2, 0) is 0 Å². The first-order valence-corrected chi connectivity index (χ1v) is 4.96. The topological polar surface area (TPSA) is 37.8 Å².